The fourth-order valence-corrected chi connectivity index (χ4v) is 1.43. The monoisotopic (exact) mass is 221 g/mol. The van der Waals surface area contributed by atoms with Crippen molar-refractivity contribution >= 4 is 0 Å². The zero-order valence-corrected chi connectivity index (χ0v) is 8.25. The molecule has 0 saturated heterocycles. The van der Waals surface area contributed by atoms with Crippen LogP contribution in [-0.4, -0.2) is 0 Å². The van der Waals surface area contributed by atoms with Gasteiger partial charge in [-0.15, -0.1) is 0 Å². The van der Waals surface area contributed by atoms with Crippen molar-refractivity contribution in [1.82, 2.24) is 0 Å². The van der Waals surface area contributed by atoms with Crippen molar-refractivity contribution in [3.8, 4) is 11.1 Å². The van der Waals surface area contributed by atoms with Gasteiger partial charge in [-0.05, 0) is 35.4 Å². The Balaban J connectivity index is 2.45. The Bertz CT molecular complexity index is 472. The minimum atomic E-state index is -4.32. The molecule has 0 N–H and O–H groups in total. The van der Waals surface area contributed by atoms with Crippen LogP contribution in [0.4, 0.5) is 13.2 Å². The maximum atomic E-state index is 12.5. The molecular weight excluding hydrogens is 213 g/mol. The van der Waals surface area contributed by atoms with Crippen molar-refractivity contribution in [3.63, 3.8) is 0 Å². The van der Waals surface area contributed by atoms with E-state index in [1.165, 1.54) is 0 Å². The van der Waals surface area contributed by atoms with E-state index in [9.17, 15) is 13.2 Å². The van der Waals surface area contributed by atoms with E-state index in [0.29, 0.717) is 5.56 Å². The molecule has 0 aromatic heterocycles. The van der Waals surface area contributed by atoms with Crippen LogP contribution in [0.2, 0.25) is 0 Å². The average Bonchev–Trinajstić information content (AvgIpc) is 2.29. The number of hydrogen-bond donors (Lipinski definition) is 0. The van der Waals surface area contributed by atoms with E-state index in [2.05, 4.69) is 6.07 Å². The SMILES string of the molecule is FC(F)(F)c1c[c]cc(-c2ccccc2)c1. The van der Waals surface area contributed by atoms with Gasteiger partial charge in [-0.1, -0.05) is 30.3 Å². The van der Waals surface area contributed by atoms with Crippen molar-refractivity contribution in [2.45, 2.75) is 6.18 Å². The zero-order valence-electron chi connectivity index (χ0n) is 8.25. The van der Waals surface area contributed by atoms with Gasteiger partial charge in [-0.2, -0.15) is 13.2 Å². The first-order valence-electron chi connectivity index (χ1n) is 4.71. The second-order valence-electron chi connectivity index (χ2n) is 3.37. The second-order valence-corrected chi connectivity index (χ2v) is 3.37. The molecule has 2 aromatic rings. The van der Waals surface area contributed by atoms with Crippen LogP contribution in [0.25, 0.3) is 11.1 Å². The largest absolute Gasteiger partial charge is 0.416 e. The van der Waals surface area contributed by atoms with Crippen LogP contribution >= 0.6 is 0 Å². The summed E-state index contributed by atoms with van der Waals surface area (Å²) in [4.78, 5) is 0. The molecule has 0 aliphatic heterocycles. The van der Waals surface area contributed by atoms with Crippen molar-refractivity contribution in [2.75, 3.05) is 0 Å². The van der Waals surface area contributed by atoms with Gasteiger partial charge in [0.05, 0.1) is 5.56 Å². The molecule has 0 aliphatic carbocycles. The lowest BCUT2D eigenvalue weighted by atomic mass is 10.0. The number of halogens is 3. The van der Waals surface area contributed by atoms with Gasteiger partial charge in [0, 0.05) is 0 Å². The molecular formula is C13H8F3. The van der Waals surface area contributed by atoms with Crippen LogP contribution in [0.3, 0.4) is 0 Å². The summed E-state index contributed by atoms with van der Waals surface area (Å²) < 4.78 is 37.4. The van der Waals surface area contributed by atoms with Gasteiger partial charge in [0.1, 0.15) is 0 Å². The standard InChI is InChI=1S/C13H8F3/c14-13(15,16)12-8-4-7-11(9-12)10-5-2-1-3-6-10/h1-3,5-9H. The van der Waals surface area contributed by atoms with Crippen LogP contribution in [0.1, 0.15) is 5.56 Å². The highest BCUT2D eigenvalue weighted by molar-refractivity contribution is 5.63. The van der Waals surface area contributed by atoms with E-state index in [1.807, 2.05) is 6.07 Å². The highest BCUT2D eigenvalue weighted by Gasteiger charge is 2.30. The minimum Gasteiger partial charge on any atom is -0.166 e. The van der Waals surface area contributed by atoms with Crippen LogP contribution in [0, 0.1) is 6.07 Å². The van der Waals surface area contributed by atoms with E-state index >= 15 is 0 Å². The third-order valence-corrected chi connectivity index (χ3v) is 2.22. The average molecular weight is 221 g/mol. The van der Waals surface area contributed by atoms with Crippen molar-refractivity contribution < 1.29 is 13.2 Å². The Labute approximate surface area is 91.4 Å². The zero-order chi connectivity index (χ0) is 11.6. The van der Waals surface area contributed by atoms with Crippen LogP contribution in [0.5, 0.6) is 0 Å². The van der Waals surface area contributed by atoms with Crippen LogP contribution in [0.15, 0.2) is 48.5 Å². The van der Waals surface area contributed by atoms with Gasteiger partial charge in [0.15, 0.2) is 0 Å². The summed E-state index contributed by atoms with van der Waals surface area (Å²) in [5, 5.41) is 0. The molecule has 0 heterocycles. The quantitative estimate of drug-likeness (QED) is 0.677. The van der Waals surface area contributed by atoms with Gasteiger partial charge >= 0.3 is 6.18 Å². The van der Waals surface area contributed by atoms with Gasteiger partial charge in [0.25, 0.3) is 0 Å². The third-order valence-electron chi connectivity index (χ3n) is 2.22. The first-order chi connectivity index (χ1) is 7.57. The predicted molar refractivity (Wildman–Crippen MR) is 55.7 cm³/mol. The lowest BCUT2D eigenvalue weighted by molar-refractivity contribution is -0.137. The Morgan fingerprint density at radius 1 is 0.875 bits per heavy atom. The smallest absolute Gasteiger partial charge is 0.166 e. The van der Waals surface area contributed by atoms with E-state index in [4.69, 9.17) is 0 Å². The number of alkyl halides is 3. The van der Waals surface area contributed by atoms with Crippen LogP contribution in [-0.2, 0) is 6.18 Å². The summed E-state index contributed by atoms with van der Waals surface area (Å²) >= 11 is 0. The van der Waals surface area contributed by atoms with E-state index in [0.717, 1.165) is 17.7 Å². The van der Waals surface area contributed by atoms with Gasteiger partial charge in [-0.25, -0.2) is 0 Å². The fourth-order valence-electron chi connectivity index (χ4n) is 1.43. The molecule has 0 spiro atoms. The first kappa shape index (κ1) is 10.7. The Morgan fingerprint density at radius 3 is 2.19 bits per heavy atom. The molecule has 0 saturated carbocycles. The van der Waals surface area contributed by atoms with Gasteiger partial charge < -0.3 is 0 Å². The Hall–Kier alpha value is -1.77. The van der Waals surface area contributed by atoms with E-state index in [-0.39, 0.29) is 0 Å². The molecule has 16 heavy (non-hydrogen) atoms. The summed E-state index contributed by atoms with van der Waals surface area (Å²) in [5.41, 5.74) is 0.606. The lowest BCUT2D eigenvalue weighted by Gasteiger charge is -2.08. The molecule has 2 aromatic carbocycles. The Morgan fingerprint density at radius 2 is 1.56 bits per heavy atom. The summed E-state index contributed by atoms with van der Waals surface area (Å²) in [6.07, 6.45) is -4.32. The molecule has 81 valence electrons. The molecule has 0 bridgehead atoms. The van der Waals surface area contributed by atoms with E-state index in [1.54, 1.807) is 30.3 Å². The highest BCUT2D eigenvalue weighted by Crippen LogP contribution is 2.31. The van der Waals surface area contributed by atoms with Gasteiger partial charge in [0.2, 0.25) is 0 Å². The normalized spacial score (nSPS) is 11.4. The molecule has 0 amide bonds. The predicted octanol–water partition coefficient (Wildman–Crippen LogP) is 4.17. The Kier molecular flexibility index (Phi) is 2.69. The number of benzene rings is 2. The van der Waals surface area contributed by atoms with E-state index < -0.39 is 11.7 Å². The first-order valence-corrected chi connectivity index (χ1v) is 4.71. The summed E-state index contributed by atoms with van der Waals surface area (Å²) in [6, 6.07) is 15.1. The molecule has 0 atom stereocenters. The summed E-state index contributed by atoms with van der Waals surface area (Å²) in [7, 11) is 0. The minimum absolute atomic E-state index is 0.524. The molecule has 0 fully saturated rings. The second kappa shape index (κ2) is 4.00. The summed E-state index contributed by atoms with van der Waals surface area (Å²) in [6.45, 7) is 0. The molecule has 2 rings (SSSR count). The molecule has 1 radical (unpaired) electrons. The van der Waals surface area contributed by atoms with Crippen molar-refractivity contribution in [3.05, 3.63) is 60.2 Å². The molecule has 0 aliphatic rings. The molecule has 0 nitrogen and oxygen atoms in total. The highest BCUT2D eigenvalue weighted by atomic mass is 19.4. The third kappa shape index (κ3) is 2.24. The molecule has 0 unspecified atom stereocenters. The summed E-state index contributed by atoms with van der Waals surface area (Å²) in [5.74, 6) is 0. The maximum Gasteiger partial charge on any atom is 0.416 e. The topological polar surface area (TPSA) is 0 Å². The van der Waals surface area contributed by atoms with Crippen molar-refractivity contribution in [2.24, 2.45) is 0 Å². The molecule has 3 heteroatoms. The lowest BCUT2D eigenvalue weighted by Crippen LogP contribution is -2.04. The number of hydrogen-bond acceptors (Lipinski definition) is 0. The van der Waals surface area contributed by atoms with Gasteiger partial charge in [-0.3, -0.25) is 0 Å². The van der Waals surface area contributed by atoms with Crippen molar-refractivity contribution in [1.29, 1.82) is 0 Å². The number of rotatable bonds is 1. The fraction of sp³-hybridized carbons (Fsp3) is 0.0769. The maximum absolute atomic E-state index is 12.5. The van der Waals surface area contributed by atoms with Crippen LogP contribution < -0.4 is 0 Å².